The van der Waals surface area contributed by atoms with Crippen LogP contribution in [0.25, 0.3) is 0 Å². The van der Waals surface area contributed by atoms with Gasteiger partial charge in [0.1, 0.15) is 0 Å². The van der Waals surface area contributed by atoms with Gasteiger partial charge in [0.2, 0.25) is 0 Å². The van der Waals surface area contributed by atoms with Gasteiger partial charge in [-0.25, -0.2) is 0 Å². The molecule has 1 fully saturated rings. The normalized spacial score (nSPS) is 21.6. The van der Waals surface area contributed by atoms with Crippen molar-refractivity contribution in [1.82, 2.24) is 4.90 Å². The molecule has 0 spiro atoms. The summed E-state index contributed by atoms with van der Waals surface area (Å²) in [5.74, 6) is 0. The molecule has 2 N–H and O–H groups in total. The second-order valence-corrected chi connectivity index (χ2v) is 5.67. The Bertz CT molecular complexity index is 395. The highest BCUT2D eigenvalue weighted by Crippen LogP contribution is 2.31. The van der Waals surface area contributed by atoms with E-state index in [-0.39, 0.29) is 5.54 Å². The van der Waals surface area contributed by atoms with Crippen molar-refractivity contribution in [2.45, 2.75) is 44.2 Å². The molecule has 1 aliphatic heterocycles. The number of nitrogens with zero attached hydrogens (tertiary/aromatic N) is 1. The van der Waals surface area contributed by atoms with Gasteiger partial charge in [0.25, 0.3) is 0 Å². The third-order valence-corrected chi connectivity index (χ3v) is 4.48. The van der Waals surface area contributed by atoms with E-state index in [0.717, 1.165) is 6.42 Å². The van der Waals surface area contributed by atoms with Gasteiger partial charge < -0.3 is 5.73 Å². The van der Waals surface area contributed by atoms with Crippen molar-refractivity contribution in [3.63, 3.8) is 0 Å². The van der Waals surface area contributed by atoms with Crippen LogP contribution in [0.4, 0.5) is 0 Å². The molecule has 0 aromatic heterocycles. The zero-order valence-electron chi connectivity index (χ0n) is 12.0. The molecule has 2 unspecified atom stereocenters. The van der Waals surface area contributed by atoms with E-state index in [9.17, 15) is 0 Å². The van der Waals surface area contributed by atoms with Crippen LogP contribution in [-0.2, 0) is 5.54 Å². The van der Waals surface area contributed by atoms with Gasteiger partial charge >= 0.3 is 0 Å². The van der Waals surface area contributed by atoms with Crippen molar-refractivity contribution in [2.75, 3.05) is 13.1 Å². The Kier molecular flexibility index (Phi) is 4.78. The summed E-state index contributed by atoms with van der Waals surface area (Å²) in [6.45, 7) is 8.51. The van der Waals surface area contributed by atoms with Crippen molar-refractivity contribution < 1.29 is 0 Å². The van der Waals surface area contributed by atoms with Crippen molar-refractivity contribution in [1.29, 1.82) is 0 Å². The quantitative estimate of drug-likeness (QED) is 0.821. The molecule has 1 heterocycles. The van der Waals surface area contributed by atoms with E-state index >= 15 is 0 Å². The molecule has 1 aromatic carbocycles. The molecule has 0 amide bonds. The molecule has 19 heavy (non-hydrogen) atoms. The lowest BCUT2D eigenvalue weighted by molar-refractivity contribution is 0.109. The smallest absolute Gasteiger partial charge is 0.0599 e. The first kappa shape index (κ1) is 14.3. The van der Waals surface area contributed by atoms with Gasteiger partial charge in [-0.15, -0.1) is 6.58 Å². The van der Waals surface area contributed by atoms with E-state index in [0.29, 0.717) is 6.04 Å². The van der Waals surface area contributed by atoms with Crippen molar-refractivity contribution in [2.24, 2.45) is 5.73 Å². The Morgan fingerprint density at radius 3 is 2.47 bits per heavy atom. The molecular weight excluding hydrogens is 232 g/mol. The molecule has 0 saturated carbocycles. The van der Waals surface area contributed by atoms with E-state index in [1.807, 2.05) is 12.1 Å². The third-order valence-electron chi connectivity index (χ3n) is 4.48. The first-order chi connectivity index (χ1) is 9.18. The summed E-state index contributed by atoms with van der Waals surface area (Å²) in [6, 6.07) is 10.8. The fraction of sp³-hybridized carbons (Fsp3) is 0.529. The highest BCUT2D eigenvalue weighted by atomic mass is 15.2. The topological polar surface area (TPSA) is 29.3 Å². The summed E-state index contributed by atoms with van der Waals surface area (Å²) in [5, 5.41) is 0. The van der Waals surface area contributed by atoms with E-state index in [1.54, 1.807) is 0 Å². The Balaban J connectivity index is 2.24. The minimum atomic E-state index is -0.333. The van der Waals surface area contributed by atoms with Crippen LogP contribution >= 0.6 is 0 Å². The summed E-state index contributed by atoms with van der Waals surface area (Å²) < 4.78 is 0. The Hall–Kier alpha value is -1.12. The van der Waals surface area contributed by atoms with Crippen molar-refractivity contribution >= 4 is 0 Å². The second-order valence-electron chi connectivity index (χ2n) is 5.67. The maximum absolute atomic E-state index is 6.79. The fourth-order valence-corrected chi connectivity index (χ4v) is 3.15. The van der Waals surface area contributed by atoms with E-state index in [1.165, 1.54) is 37.9 Å². The van der Waals surface area contributed by atoms with Crippen LogP contribution in [0.2, 0.25) is 0 Å². The maximum atomic E-state index is 6.79. The number of benzene rings is 1. The lowest BCUT2D eigenvalue weighted by Gasteiger charge is -2.43. The van der Waals surface area contributed by atoms with Gasteiger partial charge in [0.15, 0.2) is 0 Å². The van der Waals surface area contributed by atoms with Gasteiger partial charge in [-0.3, -0.25) is 4.90 Å². The molecule has 1 aromatic rings. The molecule has 0 radical (unpaired) electrons. The first-order valence-electron chi connectivity index (χ1n) is 7.38. The van der Waals surface area contributed by atoms with Crippen LogP contribution < -0.4 is 5.73 Å². The number of rotatable bonds is 5. The maximum Gasteiger partial charge on any atom is 0.0599 e. The molecular formula is C17H26N2. The third kappa shape index (κ3) is 3.07. The first-order valence-corrected chi connectivity index (χ1v) is 7.38. The molecule has 104 valence electrons. The van der Waals surface area contributed by atoms with E-state index in [2.05, 4.69) is 42.7 Å². The molecule has 2 nitrogen and oxygen atoms in total. The molecule has 1 saturated heterocycles. The predicted molar refractivity (Wildman–Crippen MR) is 82.0 cm³/mol. The number of piperidine rings is 1. The molecule has 0 aliphatic carbocycles. The van der Waals surface area contributed by atoms with E-state index < -0.39 is 0 Å². The Labute approximate surface area is 117 Å². The van der Waals surface area contributed by atoms with Gasteiger partial charge in [-0.2, -0.15) is 0 Å². The average Bonchev–Trinajstić information content (AvgIpc) is 2.48. The van der Waals surface area contributed by atoms with Gasteiger partial charge in [0.05, 0.1) is 5.54 Å². The van der Waals surface area contributed by atoms with Crippen LogP contribution in [0.3, 0.4) is 0 Å². The number of likely N-dealkylation sites (tertiary alicyclic amines) is 1. The van der Waals surface area contributed by atoms with Gasteiger partial charge in [-0.1, -0.05) is 42.8 Å². The van der Waals surface area contributed by atoms with Crippen LogP contribution in [-0.4, -0.2) is 24.0 Å². The standard InChI is InChI=1S/C17H26N2/c1-3-12-17(18,16-10-6-4-7-11-16)15(2)19-13-8-5-9-14-19/h3-4,6-7,10-11,15H,1,5,8-9,12-14,18H2,2H3. The van der Waals surface area contributed by atoms with Crippen LogP contribution in [0.15, 0.2) is 43.0 Å². The van der Waals surface area contributed by atoms with Gasteiger partial charge in [0, 0.05) is 6.04 Å². The minimum absolute atomic E-state index is 0.333. The number of hydrogen-bond acceptors (Lipinski definition) is 2. The van der Waals surface area contributed by atoms with E-state index in [4.69, 9.17) is 5.73 Å². The predicted octanol–water partition coefficient (Wildman–Crippen LogP) is 3.29. The highest BCUT2D eigenvalue weighted by Gasteiger charge is 2.36. The van der Waals surface area contributed by atoms with Crippen LogP contribution in [0.1, 0.15) is 38.2 Å². The largest absolute Gasteiger partial charge is 0.320 e. The minimum Gasteiger partial charge on any atom is -0.320 e. The Morgan fingerprint density at radius 2 is 1.89 bits per heavy atom. The second kappa shape index (κ2) is 6.36. The lowest BCUT2D eigenvalue weighted by Crippen LogP contribution is -2.55. The summed E-state index contributed by atoms with van der Waals surface area (Å²) in [7, 11) is 0. The lowest BCUT2D eigenvalue weighted by atomic mass is 9.80. The summed E-state index contributed by atoms with van der Waals surface area (Å²) in [5.41, 5.74) is 7.67. The van der Waals surface area contributed by atoms with Crippen LogP contribution in [0, 0.1) is 0 Å². The zero-order chi connectivity index (χ0) is 13.7. The van der Waals surface area contributed by atoms with Crippen molar-refractivity contribution in [3.8, 4) is 0 Å². The summed E-state index contributed by atoms with van der Waals surface area (Å²) in [4.78, 5) is 2.54. The molecule has 1 aliphatic rings. The number of nitrogens with two attached hydrogens (primary N) is 1. The summed E-state index contributed by atoms with van der Waals surface area (Å²) in [6.07, 6.45) is 6.71. The highest BCUT2D eigenvalue weighted by molar-refractivity contribution is 5.27. The van der Waals surface area contributed by atoms with Crippen LogP contribution in [0.5, 0.6) is 0 Å². The Morgan fingerprint density at radius 1 is 1.26 bits per heavy atom. The fourth-order valence-electron chi connectivity index (χ4n) is 3.15. The zero-order valence-corrected chi connectivity index (χ0v) is 12.0. The molecule has 0 bridgehead atoms. The SMILES string of the molecule is C=CCC(N)(c1ccccc1)C(C)N1CCCCC1. The summed E-state index contributed by atoms with van der Waals surface area (Å²) >= 11 is 0. The number of hydrogen-bond donors (Lipinski definition) is 1. The molecule has 2 rings (SSSR count). The molecule has 2 atom stereocenters. The molecule has 2 heteroatoms. The monoisotopic (exact) mass is 258 g/mol. The van der Waals surface area contributed by atoms with Gasteiger partial charge in [-0.05, 0) is 44.8 Å². The van der Waals surface area contributed by atoms with Crippen molar-refractivity contribution in [3.05, 3.63) is 48.6 Å². The average molecular weight is 258 g/mol.